The van der Waals surface area contributed by atoms with E-state index in [0.29, 0.717) is 22.4 Å². The fourth-order valence-electron chi connectivity index (χ4n) is 4.31. The number of carbonyl (C=O) groups is 2. The predicted octanol–water partition coefficient (Wildman–Crippen LogP) is 3.99. The maximum atomic E-state index is 13.1. The minimum Gasteiger partial charge on any atom is -0.351 e. The molecule has 0 saturated carbocycles. The highest BCUT2D eigenvalue weighted by Gasteiger charge is 2.37. The first-order chi connectivity index (χ1) is 14.1. The van der Waals surface area contributed by atoms with Gasteiger partial charge in [0.1, 0.15) is 6.17 Å². The third-order valence-corrected chi connectivity index (χ3v) is 5.73. The molecule has 1 atom stereocenters. The first kappa shape index (κ1) is 19.0. The van der Waals surface area contributed by atoms with E-state index in [-0.39, 0.29) is 18.0 Å². The molecule has 2 heterocycles. The fraction of sp³-hybridized carbons (Fsp3) is 0.348. The van der Waals surface area contributed by atoms with E-state index < -0.39 is 0 Å². The number of hydrogen-bond donors (Lipinski definition) is 1. The topological polar surface area (TPSA) is 76.4 Å². The van der Waals surface area contributed by atoms with Gasteiger partial charge in [-0.2, -0.15) is 5.26 Å². The Labute approximate surface area is 170 Å². The molecule has 4 rings (SSSR count). The van der Waals surface area contributed by atoms with Gasteiger partial charge in [0.15, 0.2) is 0 Å². The van der Waals surface area contributed by atoms with Crippen LogP contribution in [-0.2, 0) is 0 Å². The van der Waals surface area contributed by atoms with Crippen molar-refractivity contribution in [3.05, 3.63) is 59.2 Å². The Hall–Kier alpha value is -3.33. The van der Waals surface area contributed by atoms with E-state index in [1.807, 2.05) is 11.0 Å². The summed E-state index contributed by atoms with van der Waals surface area (Å²) in [6, 6.07) is 14.2. The van der Waals surface area contributed by atoms with Crippen LogP contribution in [0.2, 0.25) is 0 Å². The van der Waals surface area contributed by atoms with Crippen molar-refractivity contribution >= 4 is 23.2 Å². The highest BCUT2D eigenvalue weighted by atomic mass is 16.2. The van der Waals surface area contributed by atoms with Crippen molar-refractivity contribution in [1.82, 2.24) is 4.90 Å². The third kappa shape index (κ3) is 3.56. The predicted molar refractivity (Wildman–Crippen MR) is 112 cm³/mol. The summed E-state index contributed by atoms with van der Waals surface area (Å²) in [5, 5.41) is 11.9. The molecular weight excluding hydrogens is 364 g/mol. The highest BCUT2D eigenvalue weighted by Crippen LogP contribution is 2.35. The number of benzene rings is 2. The van der Waals surface area contributed by atoms with Gasteiger partial charge < -0.3 is 15.1 Å². The molecule has 2 aliphatic rings. The van der Waals surface area contributed by atoms with Crippen LogP contribution in [0.4, 0.5) is 11.4 Å². The molecule has 0 spiro atoms. The van der Waals surface area contributed by atoms with Gasteiger partial charge in [-0.15, -0.1) is 0 Å². The lowest BCUT2D eigenvalue weighted by atomic mass is 10.0. The molecule has 1 saturated heterocycles. The van der Waals surface area contributed by atoms with Gasteiger partial charge in [-0.3, -0.25) is 9.59 Å². The number of rotatable bonds is 3. The molecule has 0 aromatic heterocycles. The molecule has 2 aliphatic heterocycles. The van der Waals surface area contributed by atoms with Gasteiger partial charge in [0.2, 0.25) is 0 Å². The van der Waals surface area contributed by atoms with Gasteiger partial charge in [-0.1, -0.05) is 12.5 Å². The lowest BCUT2D eigenvalue weighted by Gasteiger charge is -2.44. The second kappa shape index (κ2) is 7.96. The van der Waals surface area contributed by atoms with Crippen LogP contribution in [0.25, 0.3) is 0 Å². The van der Waals surface area contributed by atoms with E-state index in [1.165, 1.54) is 0 Å². The Morgan fingerprint density at radius 1 is 1.21 bits per heavy atom. The first-order valence-corrected chi connectivity index (χ1v) is 10.2. The van der Waals surface area contributed by atoms with Crippen molar-refractivity contribution in [3.8, 4) is 6.07 Å². The quantitative estimate of drug-likeness (QED) is 0.862. The van der Waals surface area contributed by atoms with Crippen LogP contribution < -0.4 is 10.2 Å². The molecule has 1 fully saturated rings. The van der Waals surface area contributed by atoms with Gasteiger partial charge in [-0.05, 0) is 62.6 Å². The molecule has 148 valence electrons. The SMILES string of the molecule is CCN1c2cc(C(=O)Nc3cccc(C#N)c3)ccc2C(=O)N2CCCCC[C@H]21. The molecule has 2 aromatic rings. The zero-order chi connectivity index (χ0) is 20.4. The first-order valence-electron chi connectivity index (χ1n) is 10.2. The molecule has 1 N–H and O–H groups in total. The number of nitriles is 1. The van der Waals surface area contributed by atoms with Crippen molar-refractivity contribution in [2.24, 2.45) is 0 Å². The number of anilines is 2. The Balaban J connectivity index is 1.65. The van der Waals surface area contributed by atoms with Crippen molar-refractivity contribution in [2.45, 2.75) is 38.8 Å². The van der Waals surface area contributed by atoms with Crippen LogP contribution >= 0.6 is 0 Å². The van der Waals surface area contributed by atoms with Gasteiger partial charge in [0.05, 0.1) is 22.9 Å². The summed E-state index contributed by atoms with van der Waals surface area (Å²) < 4.78 is 0. The fourth-order valence-corrected chi connectivity index (χ4v) is 4.31. The Kier molecular flexibility index (Phi) is 5.22. The Morgan fingerprint density at radius 3 is 2.86 bits per heavy atom. The molecular formula is C23H24N4O2. The summed E-state index contributed by atoms with van der Waals surface area (Å²) in [5.41, 5.74) is 3.06. The molecule has 2 amide bonds. The average molecular weight is 388 g/mol. The third-order valence-electron chi connectivity index (χ3n) is 5.73. The molecule has 2 aromatic carbocycles. The normalized spacial score (nSPS) is 18.3. The van der Waals surface area contributed by atoms with Crippen LogP contribution in [0.5, 0.6) is 0 Å². The van der Waals surface area contributed by atoms with Crippen LogP contribution in [0.15, 0.2) is 42.5 Å². The second-order valence-corrected chi connectivity index (χ2v) is 7.49. The maximum absolute atomic E-state index is 13.1. The minimum atomic E-state index is -0.255. The van der Waals surface area contributed by atoms with Gasteiger partial charge in [0.25, 0.3) is 11.8 Å². The number of nitrogens with zero attached hydrogens (tertiary/aromatic N) is 3. The Bertz CT molecular complexity index is 995. The number of carbonyl (C=O) groups excluding carboxylic acids is 2. The van der Waals surface area contributed by atoms with E-state index >= 15 is 0 Å². The summed E-state index contributed by atoms with van der Waals surface area (Å²) in [6.45, 7) is 3.65. The minimum absolute atomic E-state index is 0.0604. The zero-order valence-corrected chi connectivity index (χ0v) is 16.5. The van der Waals surface area contributed by atoms with Crippen molar-refractivity contribution in [3.63, 3.8) is 0 Å². The molecule has 0 bridgehead atoms. The Morgan fingerprint density at radius 2 is 2.07 bits per heavy atom. The average Bonchev–Trinajstić information content (AvgIpc) is 3.00. The zero-order valence-electron chi connectivity index (χ0n) is 16.5. The summed E-state index contributed by atoms with van der Waals surface area (Å²) in [4.78, 5) is 30.1. The molecule has 0 unspecified atom stereocenters. The van der Waals surface area contributed by atoms with E-state index in [9.17, 15) is 9.59 Å². The van der Waals surface area contributed by atoms with Gasteiger partial charge >= 0.3 is 0 Å². The van der Waals surface area contributed by atoms with E-state index in [1.54, 1.807) is 36.4 Å². The molecule has 29 heavy (non-hydrogen) atoms. The van der Waals surface area contributed by atoms with Crippen molar-refractivity contribution < 1.29 is 9.59 Å². The molecule has 0 radical (unpaired) electrons. The monoisotopic (exact) mass is 388 g/mol. The summed E-state index contributed by atoms with van der Waals surface area (Å²) in [7, 11) is 0. The summed E-state index contributed by atoms with van der Waals surface area (Å²) in [6.07, 6.45) is 4.31. The molecule has 6 heteroatoms. The van der Waals surface area contributed by atoms with Gasteiger partial charge in [-0.25, -0.2) is 0 Å². The van der Waals surface area contributed by atoms with E-state index in [0.717, 1.165) is 44.5 Å². The summed E-state index contributed by atoms with van der Waals surface area (Å²) in [5.74, 6) is -0.194. The van der Waals surface area contributed by atoms with E-state index in [4.69, 9.17) is 5.26 Å². The smallest absolute Gasteiger partial charge is 0.257 e. The maximum Gasteiger partial charge on any atom is 0.257 e. The number of fused-ring (bicyclic) bond motifs is 2. The largest absolute Gasteiger partial charge is 0.351 e. The molecule has 0 aliphatic carbocycles. The highest BCUT2D eigenvalue weighted by molar-refractivity contribution is 6.08. The van der Waals surface area contributed by atoms with Gasteiger partial charge in [0, 0.05) is 24.3 Å². The summed E-state index contributed by atoms with van der Waals surface area (Å²) >= 11 is 0. The van der Waals surface area contributed by atoms with E-state index in [2.05, 4.69) is 23.2 Å². The van der Waals surface area contributed by atoms with Crippen LogP contribution in [0.1, 0.15) is 58.9 Å². The number of amides is 2. The number of nitrogens with one attached hydrogen (secondary N) is 1. The van der Waals surface area contributed by atoms with Crippen LogP contribution in [-0.4, -0.2) is 36.0 Å². The number of hydrogen-bond acceptors (Lipinski definition) is 4. The second-order valence-electron chi connectivity index (χ2n) is 7.49. The lowest BCUT2D eigenvalue weighted by molar-refractivity contribution is 0.0656. The van der Waals surface area contributed by atoms with Crippen LogP contribution in [0, 0.1) is 11.3 Å². The van der Waals surface area contributed by atoms with Crippen molar-refractivity contribution in [1.29, 1.82) is 5.26 Å². The van der Waals surface area contributed by atoms with Crippen LogP contribution in [0.3, 0.4) is 0 Å². The van der Waals surface area contributed by atoms with Crippen molar-refractivity contribution in [2.75, 3.05) is 23.3 Å². The lowest BCUT2D eigenvalue weighted by Crippen LogP contribution is -2.55. The standard InChI is InChI=1S/C23H24N4O2/c1-2-26-20-14-17(22(28)25-18-8-6-7-16(13-18)15-24)10-11-19(20)23(29)27-12-5-3-4-9-21(26)27/h6-8,10-11,13-14,21H,2-5,9,12H2,1H3,(H,25,28)/t21-/m0/s1. The molecule has 6 nitrogen and oxygen atoms in total.